The molecule has 0 aromatic rings. The molecule has 0 spiro atoms. The van der Waals surface area contributed by atoms with Gasteiger partial charge in [-0.25, -0.2) is 0 Å². The number of amides is 2. The number of hydrogen-bond donors (Lipinski definition) is 0. The van der Waals surface area contributed by atoms with Crippen LogP contribution in [0.5, 0.6) is 0 Å². The Morgan fingerprint density at radius 3 is 2.48 bits per heavy atom. The fraction of sp³-hybridized carbons (Fsp3) is 0.882. The van der Waals surface area contributed by atoms with Gasteiger partial charge in [-0.1, -0.05) is 39.0 Å². The van der Waals surface area contributed by atoms with E-state index in [2.05, 4.69) is 0 Å². The number of carbonyl (C=O) groups excluding carboxylic acids is 2. The van der Waals surface area contributed by atoms with Crippen molar-refractivity contribution < 1.29 is 9.59 Å². The molecular formula is C17H28N2O2. The van der Waals surface area contributed by atoms with Gasteiger partial charge in [0, 0.05) is 13.1 Å². The second-order valence-corrected chi connectivity index (χ2v) is 6.94. The van der Waals surface area contributed by atoms with Gasteiger partial charge in [0.25, 0.3) is 0 Å². The van der Waals surface area contributed by atoms with Gasteiger partial charge in [0.15, 0.2) is 0 Å². The van der Waals surface area contributed by atoms with Gasteiger partial charge in [-0.05, 0) is 31.6 Å². The van der Waals surface area contributed by atoms with E-state index in [-0.39, 0.29) is 23.9 Å². The topological polar surface area (TPSA) is 40.6 Å². The summed E-state index contributed by atoms with van der Waals surface area (Å²) in [7, 11) is 0. The summed E-state index contributed by atoms with van der Waals surface area (Å²) in [5.41, 5.74) is 0. The van der Waals surface area contributed by atoms with Crippen molar-refractivity contribution in [1.29, 1.82) is 0 Å². The standard InChI is InChI=1S/C17H28N2O2/c1-2-14-16(20)18-11-6-9-15(18)17(21)19(14)12-10-13-7-4-3-5-8-13/h13-15H,2-12H2,1H3. The van der Waals surface area contributed by atoms with E-state index in [0.717, 1.165) is 44.7 Å². The highest BCUT2D eigenvalue weighted by atomic mass is 16.2. The molecule has 2 amide bonds. The van der Waals surface area contributed by atoms with Gasteiger partial charge < -0.3 is 9.80 Å². The highest BCUT2D eigenvalue weighted by Gasteiger charge is 2.46. The minimum absolute atomic E-state index is 0.147. The van der Waals surface area contributed by atoms with E-state index < -0.39 is 0 Å². The Morgan fingerprint density at radius 1 is 1.00 bits per heavy atom. The molecule has 2 aliphatic heterocycles. The lowest BCUT2D eigenvalue weighted by Crippen LogP contribution is -2.62. The van der Waals surface area contributed by atoms with Crippen LogP contribution in [0.15, 0.2) is 0 Å². The van der Waals surface area contributed by atoms with Crippen LogP contribution in [-0.4, -0.2) is 46.8 Å². The fourth-order valence-corrected chi connectivity index (χ4v) is 4.42. The van der Waals surface area contributed by atoms with E-state index in [1.165, 1.54) is 32.1 Å². The molecule has 21 heavy (non-hydrogen) atoms. The summed E-state index contributed by atoms with van der Waals surface area (Å²) in [5, 5.41) is 0. The van der Waals surface area contributed by atoms with Crippen LogP contribution in [0.4, 0.5) is 0 Å². The van der Waals surface area contributed by atoms with Gasteiger partial charge in [-0.2, -0.15) is 0 Å². The van der Waals surface area contributed by atoms with Crippen molar-refractivity contribution in [3.8, 4) is 0 Å². The van der Waals surface area contributed by atoms with Crippen molar-refractivity contribution in [3.05, 3.63) is 0 Å². The molecule has 3 aliphatic rings. The molecule has 0 N–H and O–H groups in total. The predicted octanol–water partition coefficient (Wildman–Crippen LogP) is 2.57. The maximum atomic E-state index is 12.7. The summed E-state index contributed by atoms with van der Waals surface area (Å²) in [5.74, 6) is 1.18. The van der Waals surface area contributed by atoms with E-state index in [4.69, 9.17) is 0 Å². The van der Waals surface area contributed by atoms with Crippen LogP contribution in [0.25, 0.3) is 0 Å². The first-order valence-electron chi connectivity index (χ1n) is 8.83. The highest BCUT2D eigenvalue weighted by molar-refractivity contribution is 5.97. The van der Waals surface area contributed by atoms with Crippen molar-refractivity contribution in [2.24, 2.45) is 5.92 Å². The van der Waals surface area contributed by atoms with Crippen molar-refractivity contribution in [2.45, 2.75) is 76.8 Å². The molecule has 3 fully saturated rings. The third-order valence-electron chi connectivity index (χ3n) is 5.65. The second kappa shape index (κ2) is 6.37. The van der Waals surface area contributed by atoms with E-state index in [1.54, 1.807) is 0 Å². The lowest BCUT2D eigenvalue weighted by Gasteiger charge is -2.42. The Kier molecular flexibility index (Phi) is 4.51. The van der Waals surface area contributed by atoms with Gasteiger partial charge in [0.2, 0.25) is 11.8 Å². The van der Waals surface area contributed by atoms with Gasteiger partial charge in [0.05, 0.1) is 0 Å². The summed E-state index contributed by atoms with van der Waals surface area (Å²) in [6.45, 7) is 3.60. The number of carbonyl (C=O) groups is 2. The molecule has 118 valence electrons. The summed E-state index contributed by atoms with van der Waals surface area (Å²) in [6.07, 6.45) is 10.3. The van der Waals surface area contributed by atoms with E-state index >= 15 is 0 Å². The molecule has 2 saturated heterocycles. The zero-order chi connectivity index (χ0) is 14.8. The quantitative estimate of drug-likeness (QED) is 0.799. The van der Waals surface area contributed by atoms with Gasteiger partial charge in [-0.15, -0.1) is 0 Å². The molecule has 0 radical (unpaired) electrons. The summed E-state index contributed by atoms with van der Waals surface area (Å²) < 4.78 is 0. The van der Waals surface area contributed by atoms with Crippen molar-refractivity contribution in [2.75, 3.05) is 13.1 Å². The number of piperazine rings is 1. The Hall–Kier alpha value is -1.06. The maximum absolute atomic E-state index is 12.7. The van der Waals surface area contributed by atoms with Gasteiger partial charge in [-0.3, -0.25) is 9.59 Å². The average Bonchev–Trinajstić information content (AvgIpc) is 3.00. The SMILES string of the molecule is CCC1C(=O)N2CCCC2C(=O)N1CCC1CCCCC1. The number of rotatable bonds is 4. The monoisotopic (exact) mass is 292 g/mol. The number of nitrogens with zero attached hydrogens (tertiary/aromatic N) is 2. The first-order chi connectivity index (χ1) is 10.2. The molecule has 2 unspecified atom stereocenters. The first kappa shape index (κ1) is 14.9. The summed E-state index contributed by atoms with van der Waals surface area (Å²) in [6, 6.07) is -0.345. The van der Waals surface area contributed by atoms with Crippen molar-refractivity contribution in [1.82, 2.24) is 9.80 Å². The van der Waals surface area contributed by atoms with Gasteiger partial charge in [0.1, 0.15) is 12.1 Å². The molecule has 2 heterocycles. The van der Waals surface area contributed by atoms with Crippen LogP contribution in [0.1, 0.15) is 64.7 Å². The fourth-order valence-electron chi connectivity index (χ4n) is 4.42. The molecule has 0 bridgehead atoms. The van der Waals surface area contributed by atoms with Crippen LogP contribution < -0.4 is 0 Å². The second-order valence-electron chi connectivity index (χ2n) is 6.94. The van der Waals surface area contributed by atoms with Crippen LogP contribution >= 0.6 is 0 Å². The van der Waals surface area contributed by atoms with Crippen LogP contribution in [-0.2, 0) is 9.59 Å². The van der Waals surface area contributed by atoms with Crippen LogP contribution in [0.3, 0.4) is 0 Å². The number of hydrogen-bond acceptors (Lipinski definition) is 2. The molecule has 0 aromatic carbocycles. The van der Waals surface area contributed by atoms with Crippen LogP contribution in [0.2, 0.25) is 0 Å². The Bertz CT molecular complexity index is 404. The molecule has 0 aromatic heterocycles. The highest BCUT2D eigenvalue weighted by Crippen LogP contribution is 2.31. The Labute approximate surface area is 127 Å². The number of fused-ring (bicyclic) bond motifs is 1. The zero-order valence-electron chi connectivity index (χ0n) is 13.2. The largest absolute Gasteiger partial charge is 0.329 e. The molecule has 1 aliphatic carbocycles. The lowest BCUT2D eigenvalue weighted by molar-refractivity contribution is -0.159. The average molecular weight is 292 g/mol. The molecule has 1 saturated carbocycles. The zero-order valence-corrected chi connectivity index (χ0v) is 13.2. The normalized spacial score (nSPS) is 30.9. The molecule has 3 rings (SSSR count). The molecule has 4 nitrogen and oxygen atoms in total. The smallest absolute Gasteiger partial charge is 0.246 e. The Balaban J connectivity index is 1.66. The first-order valence-corrected chi connectivity index (χ1v) is 8.83. The molecule has 2 atom stereocenters. The Morgan fingerprint density at radius 2 is 1.76 bits per heavy atom. The minimum Gasteiger partial charge on any atom is -0.329 e. The van der Waals surface area contributed by atoms with E-state index in [1.807, 2.05) is 16.7 Å². The van der Waals surface area contributed by atoms with Crippen molar-refractivity contribution >= 4 is 11.8 Å². The maximum Gasteiger partial charge on any atom is 0.246 e. The predicted molar refractivity (Wildman–Crippen MR) is 81.7 cm³/mol. The molecular weight excluding hydrogens is 264 g/mol. The van der Waals surface area contributed by atoms with E-state index in [9.17, 15) is 9.59 Å². The molecule has 4 heteroatoms. The van der Waals surface area contributed by atoms with E-state index in [0.29, 0.717) is 0 Å². The summed E-state index contributed by atoms with van der Waals surface area (Å²) in [4.78, 5) is 29.1. The van der Waals surface area contributed by atoms with Gasteiger partial charge >= 0.3 is 0 Å². The third-order valence-corrected chi connectivity index (χ3v) is 5.65. The third kappa shape index (κ3) is 2.82. The van der Waals surface area contributed by atoms with Crippen molar-refractivity contribution in [3.63, 3.8) is 0 Å². The lowest BCUT2D eigenvalue weighted by atomic mass is 9.86. The van der Waals surface area contributed by atoms with Crippen LogP contribution in [0, 0.1) is 5.92 Å². The summed E-state index contributed by atoms with van der Waals surface area (Å²) >= 11 is 0. The minimum atomic E-state index is -0.199.